The molecule has 2 N–H and O–H groups in total. The molecule has 3 heterocycles. The molecule has 1 atom stereocenters. The van der Waals surface area contributed by atoms with Gasteiger partial charge in [-0.2, -0.15) is 0 Å². The number of benzene rings is 2. The highest BCUT2D eigenvalue weighted by molar-refractivity contribution is 7.99. The van der Waals surface area contributed by atoms with Crippen molar-refractivity contribution < 1.29 is 14.3 Å². The van der Waals surface area contributed by atoms with E-state index in [9.17, 15) is 4.79 Å². The van der Waals surface area contributed by atoms with Crippen LogP contribution in [-0.2, 0) is 6.42 Å². The van der Waals surface area contributed by atoms with Crippen molar-refractivity contribution in [1.29, 1.82) is 0 Å². The van der Waals surface area contributed by atoms with Crippen molar-refractivity contribution >= 4 is 34.3 Å². The molecule has 0 spiro atoms. The van der Waals surface area contributed by atoms with Crippen LogP contribution in [-0.4, -0.2) is 42.9 Å². The second-order valence-electron chi connectivity index (χ2n) is 9.83. The predicted octanol–water partition coefficient (Wildman–Crippen LogP) is 5.30. The molecule has 1 unspecified atom stereocenters. The summed E-state index contributed by atoms with van der Waals surface area (Å²) in [7, 11) is 1.70. The minimum atomic E-state index is 0.0384. The van der Waals surface area contributed by atoms with Gasteiger partial charge < -0.3 is 20.1 Å². The van der Waals surface area contributed by atoms with E-state index in [1.807, 2.05) is 42.2 Å². The number of hydrogen-bond donors (Lipinski definition) is 2. The van der Waals surface area contributed by atoms with Crippen molar-refractivity contribution in [2.75, 3.05) is 31.3 Å². The Kier molecular flexibility index (Phi) is 6.19. The van der Waals surface area contributed by atoms with Crippen LogP contribution in [0.5, 0.6) is 11.5 Å². The molecule has 0 bridgehead atoms. The van der Waals surface area contributed by atoms with Crippen LogP contribution in [0.1, 0.15) is 41.6 Å². The molecule has 1 saturated carbocycles. The number of nitrogens with one attached hydrogen (secondary N) is 2. The Balaban J connectivity index is 1.09. The summed E-state index contributed by atoms with van der Waals surface area (Å²) in [5.74, 6) is 3.95. The number of thioether (sulfide) groups is 1. The van der Waals surface area contributed by atoms with E-state index in [0.717, 1.165) is 84.7 Å². The Morgan fingerprint density at radius 2 is 2.03 bits per heavy atom. The topological polar surface area (TPSA) is 72.5 Å². The molecule has 2 aromatic carbocycles. The molecule has 1 fully saturated rings. The molecule has 0 radical (unpaired) electrons. The summed E-state index contributed by atoms with van der Waals surface area (Å²) in [6.45, 7) is 1.69. The van der Waals surface area contributed by atoms with Crippen molar-refractivity contribution in [3.8, 4) is 11.5 Å². The van der Waals surface area contributed by atoms with E-state index in [1.54, 1.807) is 7.11 Å². The number of nitrogens with zero attached hydrogens (tertiary/aromatic N) is 1. The molecule has 7 heteroatoms. The summed E-state index contributed by atoms with van der Waals surface area (Å²) in [5, 5.41) is 7.83. The minimum Gasteiger partial charge on any atom is -0.497 e. The van der Waals surface area contributed by atoms with Gasteiger partial charge in [0.15, 0.2) is 0 Å². The molecule has 1 aliphatic carbocycles. The number of carbonyl (C=O) groups excluding carboxylic acids is 1. The summed E-state index contributed by atoms with van der Waals surface area (Å²) in [6.07, 6.45) is 7.13. The number of rotatable bonds is 4. The van der Waals surface area contributed by atoms with Crippen molar-refractivity contribution in [2.24, 2.45) is 11.8 Å². The number of pyridine rings is 1. The summed E-state index contributed by atoms with van der Waals surface area (Å²) < 4.78 is 11.6. The maximum atomic E-state index is 12.9. The van der Waals surface area contributed by atoms with Gasteiger partial charge in [0.25, 0.3) is 5.91 Å². The number of hydrogen-bond acceptors (Lipinski definition) is 6. The van der Waals surface area contributed by atoms with E-state index in [0.29, 0.717) is 11.8 Å². The van der Waals surface area contributed by atoms with Gasteiger partial charge in [-0.1, -0.05) is 0 Å². The van der Waals surface area contributed by atoms with E-state index in [-0.39, 0.29) is 11.9 Å². The van der Waals surface area contributed by atoms with Crippen molar-refractivity contribution in [1.82, 2.24) is 10.3 Å². The first kappa shape index (κ1) is 22.5. The molecule has 1 amide bonds. The number of fused-ring (bicyclic) bond motifs is 4. The lowest BCUT2D eigenvalue weighted by atomic mass is 9.75. The number of methoxy groups -OCH3 is 1. The lowest BCUT2D eigenvalue weighted by Crippen LogP contribution is -2.40. The normalized spacial score (nSPS) is 23.4. The zero-order chi connectivity index (χ0) is 23.8. The zero-order valence-corrected chi connectivity index (χ0v) is 20.8. The fourth-order valence-electron chi connectivity index (χ4n) is 5.78. The van der Waals surface area contributed by atoms with Crippen LogP contribution in [0, 0.1) is 11.8 Å². The molecule has 35 heavy (non-hydrogen) atoms. The van der Waals surface area contributed by atoms with E-state index >= 15 is 0 Å². The maximum absolute atomic E-state index is 12.9. The molecular formula is C28H31N3O3S. The van der Waals surface area contributed by atoms with E-state index < -0.39 is 0 Å². The zero-order valence-electron chi connectivity index (χ0n) is 20.0. The maximum Gasteiger partial charge on any atom is 0.251 e. The first-order valence-corrected chi connectivity index (χ1v) is 13.6. The Labute approximate surface area is 210 Å². The molecule has 6 rings (SSSR count). The van der Waals surface area contributed by atoms with Crippen LogP contribution in [0.4, 0.5) is 5.69 Å². The number of ether oxygens (including phenoxy) is 2. The number of aromatic nitrogens is 1. The Morgan fingerprint density at radius 1 is 1.14 bits per heavy atom. The second-order valence-corrected chi connectivity index (χ2v) is 11.0. The standard InChI is InChI=1S/C28H31N3O3S/c1-33-21-7-8-24-22(14-21)23-12-19(16-34-26(23)15-30-24)17-2-5-20(6-3-17)31-28(32)18-4-9-27-25(13-18)29-10-11-35-27/h4,7-9,13-15,17,19-20,29H,2-3,5-6,10-12,16H2,1H3,(H,31,32). The average molecular weight is 490 g/mol. The molecule has 1 aromatic heterocycles. The van der Waals surface area contributed by atoms with E-state index in [2.05, 4.69) is 27.8 Å². The van der Waals surface area contributed by atoms with Crippen LogP contribution >= 0.6 is 11.8 Å². The summed E-state index contributed by atoms with van der Waals surface area (Å²) in [6, 6.07) is 12.3. The molecule has 182 valence electrons. The summed E-state index contributed by atoms with van der Waals surface area (Å²) in [5.41, 5.74) is 4.06. The first-order valence-electron chi connectivity index (χ1n) is 12.6. The summed E-state index contributed by atoms with van der Waals surface area (Å²) in [4.78, 5) is 18.7. The third-order valence-corrected chi connectivity index (χ3v) is 8.83. The van der Waals surface area contributed by atoms with Gasteiger partial charge in [-0.15, -0.1) is 11.8 Å². The van der Waals surface area contributed by atoms with Gasteiger partial charge in [-0.05, 0) is 74.4 Å². The average Bonchev–Trinajstić information content (AvgIpc) is 2.92. The summed E-state index contributed by atoms with van der Waals surface area (Å²) >= 11 is 1.84. The Morgan fingerprint density at radius 3 is 2.89 bits per heavy atom. The molecule has 6 nitrogen and oxygen atoms in total. The van der Waals surface area contributed by atoms with Gasteiger partial charge in [0.05, 0.1) is 25.4 Å². The molecular weight excluding hydrogens is 458 g/mol. The van der Waals surface area contributed by atoms with E-state index in [4.69, 9.17) is 9.47 Å². The first-order chi connectivity index (χ1) is 17.2. The van der Waals surface area contributed by atoms with Crippen LogP contribution in [0.2, 0.25) is 0 Å². The van der Waals surface area contributed by atoms with Gasteiger partial charge in [-0.3, -0.25) is 9.78 Å². The monoisotopic (exact) mass is 489 g/mol. The quantitative estimate of drug-likeness (QED) is 0.518. The van der Waals surface area contributed by atoms with E-state index in [1.165, 1.54) is 10.5 Å². The number of amides is 1. The van der Waals surface area contributed by atoms with Crippen LogP contribution < -0.4 is 20.1 Å². The number of anilines is 1. The third-order valence-electron chi connectivity index (χ3n) is 7.76. The number of carbonyl (C=O) groups is 1. The third kappa shape index (κ3) is 4.54. The van der Waals surface area contributed by atoms with Gasteiger partial charge >= 0.3 is 0 Å². The van der Waals surface area contributed by atoms with Crippen molar-refractivity contribution in [3.63, 3.8) is 0 Å². The highest BCUT2D eigenvalue weighted by Gasteiger charge is 2.32. The molecule has 0 saturated heterocycles. The fraction of sp³-hybridized carbons (Fsp3) is 0.429. The lowest BCUT2D eigenvalue weighted by Gasteiger charge is -2.36. The van der Waals surface area contributed by atoms with Gasteiger partial charge in [-0.25, -0.2) is 0 Å². The minimum absolute atomic E-state index is 0.0384. The van der Waals surface area contributed by atoms with Crippen LogP contribution in [0.25, 0.3) is 10.9 Å². The second kappa shape index (κ2) is 9.61. The molecule has 3 aliphatic rings. The van der Waals surface area contributed by atoms with Crippen LogP contribution in [0.3, 0.4) is 0 Å². The predicted molar refractivity (Wildman–Crippen MR) is 140 cm³/mol. The molecule has 2 aliphatic heterocycles. The van der Waals surface area contributed by atoms with Crippen LogP contribution in [0.15, 0.2) is 47.5 Å². The Bertz CT molecular complexity index is 1250. The van der Waals surface area contributed by atoms with Crippen molar-refractivity contribution in [2.45, 2.75) is 43.0 Å². The fourth-order valence-corrected chi connectivity index (χ4v) is 6.65. The lowest BCUT2D eigenvalue weighted by molar-refractivity contribution is 0.0900. The van der Waals surface area contributed by atoms with Gasteiger partial charge in [0.2, 0.25) is 0 Å². The SMILES string of the molecule is COc1ccc2ncc3c(c2c1)CC(C1CCC(NC(=O)c2ccc4c(c2)NCCS4)CC1)CO3. The smallest absolute Gasteiger partial charge is 0.251 e. The van der Waals surface area contributed by atoms with Gasteiger partial charge in [0.1, 0.15) is 11.5 Å². The molecule has 3 aromatic rings. The highest BCUT2D eigenvalue weighted by atomic mass is 32.2. The highest BCUT2D eigenvalue weighted by Crippen LogP contribution is 2.40. The van der Waals surface area contributed by atoms with Gasteiger partial charge in [0, 0.05) is 51.4 Å². The van der Waals surface area contributed by atoms with Crippen molar-refractivity contribution in [3.05, 3.63) is 53.7 Å². The Hall–Kier alpha value is -2.93. The largest absolute Gasteiger partial charge is 0.497 e.